The Labute approximate surface area is 162 Å². The summed E-state index contributed by atoms with van der Waals surface area (Å²) in [5, 5.41) is 27.3. The van der Waals surface area contributed by atoms with Crippen LogP contribution in [0.2, 0.25) is 0 Å². The highest BCUT2D eigenvalue weighted by atomic mass is 19.1. The Hall–Kier alpha value is -3.79. The molecule has 3 nitrogen and oxygen atoms in total. The molecular weight excluding hydrogens is 355 g/mol. The maximum absolute atomic E-state index is 12.6. The van der Waals surface area contributed by atoms with Crippen molar-refractivity contribution in [3.63, 3.8) is 0 Å². The van der Waals surface area contributed by atoms with E-state index in [2.05, 4.69) is 0 Å². The fourth-order valence-electron chi connectivity index (χ4n) is 2.60. The zero-order valence-corrected chi connectivity index (χ0v) is 15.0. The molecule has 4 aromatic carbocycles. The number of rotatable bonds is 2. The third-order valence-corrected chi connectivity index (χ3v) is 4.11. The molecule has 0 aromatic heterocycles. The number of hydrogen-bond donors (Lipinski definition) is 3. The molecule has 140 valence electrons. The summed E-state index contributed by atoms with van der Waals surface area (Å²) in [5.74, 6) is 0.503. The van der Waals surface area contributed by atoms with Crippen molar-refractivity contribution in [3.05, 3.63) is 103 Å². The molecule has 0 aliphatic rings. The van der Waals surface area contributed by atoms with Crippen LogP contribution in [0.15, 0.2) is 97.1 Å². The molecule has 0 heterocycles. The van der Waals surface area contributed by atoms with E-state index in [1.165, 1.54) is 12.1 Å². The van der Waals surface area contributed by atoms with Crippen molar-refractivity contribution in [1.82, 2.24) is 0 Å². The van der Waals surface area contributed by atoms with Crippen molar-refractivity contribution in [2.24, 2.45) is 0 Å². The molecule has 0 aliphatic carbocycles. The van der Waals surface area contributed by atoms with Gasteiger partial charge in [-0.3, -0.25) is 0 Å². The summed E-state index contributed by atoms with van der Waals surface area (Å²) in [5.41, 5.74) is 3.93. The molecule has 0 saturated heterocycles. The Morgan fingerprint density at radius 3 is 0.821 bits per heavy atom. The van der Waals surface area contributed by atoms with E-state index in [4.69, 9.17) is 15.3 Å². The van der Waals surface area contributed by atoms with Gasteiger partial charge >= 0.3 is 0 Å². The normalized spacial score (nSPS) is 10.0. The van der Waals surface area contributed by atoms with Gasteiger partial charge in [-0.2, -0.15) is 0 Å². The maximum atomic E-state index is 12.6. The second kappa shape index (κ2) is 8.73. The van der Waals surface area contributed by atoms with E-state index in [-0.39, 0.29) is 23.1 Å². The van der Waals surface area contributed by atoms with Crippen LogP contribution in [-0.4, -0.2) is 15.3 Å². The monoisotopic (exact) mass is 374 g/mol. The summed E-state index contributed by atoms with van der Waals surface area (Å²) in [7, 11) is 0. The molecule has 4 aromatic rings. The lowest BCUT2D eigenvalue weighted by Gasteiger charge is -2.01. The van der Waals surface area contributed by atoms with E-state index in [0.29, 0.717) is 0 Å². The van der Waals surface area contributed by atoms with Crippen LogP contribution in [0.1, 0.15) is 0 Å². The minimum Gasteiger partial charge on any atom is -0.508 e. The minimum absolute atomic E-state index is 0.232. The number of aromatic hydroxyl groups is 3. The quantitative estimate of drug-likeness (QED) is 0.405. The lowest BCUT2D eigenvalue weighted by atomic mass is 10.1. The van der Waals surface area contributed by atoms with Crippen molar-refractivity contribution in [2.75, 3.05) is 0 Å². The average Bonchev–Trinajstić information content (AvgIpc) is 2.71. The largest absolute Gasteiger partial charge is 0.508 e. The third kappa shape index (κ3) is 5.11. The van der Waals surface area contributed by atoms with Gasteiger partial charge < -0.3 is 15.3 Å². The molecule has 0 aliphatic heterocycles. The molecule has 0 radical (unpaired) electrons. The molecule has 0 amide bonds. The van der Waals surface area contributed by atoms with Crippen LogP contribution in [0.4, 0.5) is 4.39 Å². The lowest BCUT2D eigenvalue weighted by molar-refractivity contribution is 0.474. The van der Waals surface area contributed by atoms with Gasteiger partial charge in [0.25, 0.3) is 0 Å². The number of hydrogen-bond acceptors (Lipinski definition) is 3. The predicted octanol–water partition coefficient (Wildman–Crippen LogP) is 5.96. The number of phenolic OH excluding ortho intramolecular Hbond substituents is 3. The van der Waals surface area contributed by atoms with Gasteiger partial charge in [0.2, 0.25) is 0 Å². The average molecular weight is 374 g/mol. The molecule has 0 spiro atoms. The van der Waals surface area contributed by atoms with Crippen LogP contribution in [0.25, 0.3) is 22.3 Å². The Kier molecular flexibility index (Phi) is 5.92. The standard InChI is InChI=1S/C12H9FO.C12H10O2/c2*13-11-5-1-9(2-6-11)10-3-7-12(14)8-4-10/h1-8,14H;1-8,13-14H. The highest BCUT2D eigenvalue weighted by molar-refractivity contribution is 5.65. The van der Waals surface area contributed by atoms with Crippen molar-refractivity contribution in [3.8, 4) is 39.5 Å². The first kappa shape index (κ1) is 19.0. The van der Waals surface area contributed by atoms with E-state index >= 15 is 0 Å². The number of phenols is 3. The number of halogens is 1. The van der Waals surface area contributed by atoms with Crippen LogP contribution >= 0.6 is 0 Å². The van der Waals surface area contributed by atoms with Gasteiger partial charge in [-0.1, -0.05) is 48.5 Å². The molecule has 4 heteroatoms. The zero-order chi connectivity index (χ0) is 19.9. The maximum Gasteiger partial charge on any atom is 0.123 e. The Morgan fingerprint density at radius 2 is 0.571 bits per heavy atom. The fourth-order valence-corrected chi connectivity index (χ4v) is 2.60. The smallest absolute Gasteiger partial charge is 0.123 e. The fraction of sp³-hybridized carbons (Fsp3) is 0. The van der Waals surface area contributed by atoms with Gasteiger partial charge in [0, 0.05) is 0 Å². The summed E-state index contributed by atoms with van der Waals surface area (Å²) in [4.78, 5) is 0. The zero-order valence-electron chi connectivity index (χ0n) is 15.0. The summed E-state index contributed by atoms with van der Waals surface area (Å²) in [6, 6.07) is 27.0. The molecular formula is C24H19FO3. The van der Waals surface area contributed by atoms with Gasteiger partial charge in [0.1, 0.15) is 23.1 Å². The van der Waals surface area contributed by atoms with Crippen LogP contribution in [0.5, 0.6) is 17.2 Å². The molecule has 0 saturated carbocycles. The van der Waals surface area contributed by atoms with Crippen molar-refractivity contribution < 1.29 is 19.7 Å². The molecule has 0 bridgehead atoms. The summed E-state index contributed by atoms with van der Waals surface area (Å²) in [6.07, 6.45) is 0. The van der Waals surface area contributed by atoms with E-state index in [0.717, 1.165) is 22.3 Å². The van der Waals surface area contributed by atoms with E-state index in [1.807, 2.05) is 24.3 Å². The van der Waals surface area contributed by atoms with Gasteiger partial charge in [-0.15, -0.1) is 0 Å². The third-order valence-electron chi connectivity index (χ3n) is 4.11. The van der Waals surface area contributed by atoms with Crippen LogP contribution in [-0.2, 0) is 0 Å². The van der Waals surface area contributed by atoms with E-state index < -0.39 is 0 Å². The highest BCUT2D eigenvalue weighted by Crippen LogP contribution is 2.23. The van der Waals surface area contributed by atoms with Gasteiger partial charge in [0.15, 0.2) is 0 Å². The van der Waals surface area contributed by atoms with Gasteiger partial charge in [-0.05, 0) is 70.8 Å². The SMILES string of the molecule is Oc1ccc(-c2ccc(F)cc2)cc1.Oc1ccc(-c2ccc(O)cc2)cc1. The highest BCUT2D eigenvalue weighted by Gasteiger charge is 1.98. The molecule has 0 fully saturated rings. The first-order valence-corrected chi connectivity index (χ1v) is 8.65. The topological polar surface area (TPSA) is 60.7 Å². The molecule has 28 heavy (non-hydrogen) atoms. The molecule has 0 atom stereocenters. The minimum atomic E-state index is -0.243. The Balaban J connectivity index is 0.000000161. The van der Waals surface area contributed by atoms with Crippen LogP contribution in [0, 0.1) is 5.82 Å². The Bertz CT molecular complexity index is 833. The Morgan fingerprint density at radius 1 is 0.357 bits per heavy atom. The van der Waals surface area contributed by atoms with Crippen molar-refractivity contribution in [1.29, 1.82) is 0 Å². The van der Waals surface area contributed by atoms with Gasteiger partial charge in [-0.25, -0.2) is 4.39 Å². The lowest BCUT2D eigenvalue weighted by Crippen LogP contribution is -1.77. The summed E-state index contributed by atoms with van der Waals surface area (Å²) >= 11 is 0. The second-order valence-electron chi connectivity index (χ2n) is 6.15. The van der Waals surface area contributed by atoms with Crippen molar-refractivity contribution in [2.45, 2.75) is 0 Å². The summed E-state index contributed by atoms with van der Waals surface area (Å²) in [6.45, 7) is 0. The molecule has 3 N–H and O–H groups in total. The van der Waals surface area contributed by atoms with Gasteiger partial charge in [0.05, 0.1) is 0 Å². The number of benzene rings is 4. The molecule has 4 rings (SSSR count). The first-order valence-electron chi connectivity index (χ1n) is 8.65. The molecule has 0 unspecified atom stereocenters. The second-order valence-corrected chi connectivity index (χ2v) is 6.15. The summed E-state index contributed by atoms with van der Waals surface area (Å²) < 4.78 is 12.6. The van der Waals surface area contributed by atoms with Crippen LogP contribution in [0.3, 0.4) is 0 Å². The van der Waals surface area contributed by atoms with E-state index in [9.17, 15) is 4.39 Å². The first-order chi connectivity index (χ1) is 13.5. The van der Waals surface area contributed by atoms with E-state index in [1.54, 1.807) is 60.7 Å². The van der Waals surface area contributed by atoms with Crippen molar-refractivity contribution >= 4 is 0 Å². The predicted molar refractivity (Wildman–Crippen MR) is 109 cm³/mol. The van der Waals surface area contributed by atoms with Crippen LogP contribution < -0.4 is 0 Å².